The van der Waals surface area contributed by atoms with E-state index in [-0.39, 0.29) is 6.10 Å². The van der Waals surface area contributed by atoms with Crippen LogP contribution in [0.3, 0.4) is 0 Å². The van der Waals surface area contributed by atoms with Gasteiger partial charge in [-0.2, -0.15) is 0 Å². The quantitative estimate of drug-likeness (QED) is 0.182. The lowest BCUT2D eigenvalue weighted by Gasteiger charge is -2.07. The average molecular weight is 346 g/mol. The van der Waals surface area contributed by atoms with E-state index in [0.29, 0.717) is 0 Å². The maximum absolute atomic E-state index is 5.28. The molecule has 2 atom stereocenters. The van der Waals surface area contributed by atoms with Gasteiger partial charge in [0.05, 0.1) is 6.10 Å². The molecule has 0 aromatic carbocycles. The summed E-state index contributed by atoms with van der Waals surface area (Å²) in [5.74, 6) is 0. The van der Waals surface area contributed by atoms with Crippen molar-refractivity contribution in [2.24, 2.45) is 0 Å². The van der Waals surface area contributed by atoms with E-state index in [1.165, 1.54) is 0 Å². The molecule has 0 spiro atoms. The van der Waals surface area contributed by atoms with Crippen LogP contribution in [0.2, 0.25) is 0 Å². The number of hydrogen-bond acceptors (Lipinski definition) is 1. The first-order chi connectivity index (χ1) is 11.8. The molecule has 0 aromatic rings. The van der Waals surface area contributed by atoms with Crippen LogP contribution in [0.4, 0.5) is 0 Å². The Hall–Kier alpha value is -1.17. The summed E-state index contributed by atoms with van der Waals surface area (Å²) in [6, 6.07) is 0. The van der Waals surface area contributed by atoms with Crippen molar-refractivity contribution in [3.05, 3.63) is 72.9 Å². The lowest BCUT2D eigenvalue weighted by atomic mass is 10.2. The summed E-state index contributed by atoms with van der Waals surface area (Å²) in [5, 5.41) is 0. The Bertz CT molecular complexity index is 427. The molecule has 0 amide bonds. The molecule has 0 fully saturated rings. The Morgan fingerprint density at radius 1 is 0.708 bits per heavy atom. The molecule has 0 saturated carbocycles. The van der Waals surface area contributed by atoms with Gasteiger partial charge in [-0.15, -0.1) is 0 Å². The Kier molecular flexibility index (Phi) is 18.9. The van der Waals surface area contributed by atoms with Gasteiger partial charge in [0, 0.05) is 9.47 Å². The molecule has 0 saturated heterocycles. The third-order valence-electron chi connectivity index (χ3n) is 3.31. The number of rotatable bonds is 14. The second-order valence-electron chi connectivity index (χ2n) is 5.51. The van der Waals surface area contributed by atoms with Crippen LogP contribution in [0.5, 0.6) is 0 Å². The van der Waals surface area contributed by atoms with Crippen LogP contribution in [-0.4, -0.2) is 6.10 Å². The van der Waals surface area contributed by atoms with Gasteiger partial charge in [-0.05, 0) is 38.5 Å². The summed E-state index contributed by atoms with van der Waals surface area (Å²) in [7, 11) is 2.34. The highest BCUT2D eigenvalue weighted by Gasteiger charge is 1.98. The van der Waals surface area contributed by atoms with Crippen molar-refractivity contribution in [2.75, 3.05) is 0 Å². The first-order valence-electron chi connectivity index (χ1n) is 9.13. The Morgan fingerprint density at radius 3 is 1.67 bits per heavy atom. The lowest BCUT2D eigenvalue weighted by Crippen LogP contribution is -2.01. The molecule has 0 bridgehead atoms. The predicted molar refractivity (Wildman–Crippen MR) is 113 cm³/mol. The minimum absolute atomic E-state index is 0.210. The van der Waals surface area contributed by atoms with Crippen molar-refractivity contribution < 1.29 is 4.52 Å². The molecule has 2 unspecified atom stereocenters. The van der Waals surface area contributed by atoms with E-state index in [1.54, 1.807) is 0 Å². The molecular weight excluding hydrogens is 311 g/mol. The van der Waals surface area contributed by atoms with E-state index in [0.717, 1.165) is 44.9 Å². The molecule has 0 aliphatic heterocycles. The highest BCUT2D eigenvalue weighted by atomic mass is 31.0. The van der Waals surface area contributed by atoms with E-state index in [1.807, 2.05) is 0 Å². The average Bonchev–Trinajstić information content (AvgIpc) is 2.60. The third kappa shape index (κ3) is 17.2. The molecule has 0 rings (SSSR count). The second-order valence-corrected chi connectivity index (χ2v) is 5.79. The predicted octanol–water partition coefficient (Wildman–Crippen LogP) is 7.27. The van der Waals surface area contributed by atoms with E-state index in [9.17, 15) is 0 Å². The summed E-state index contributed by atoms with van der Waals surface area (Å²) >= 11 is 0. The van der Waals surface area contributed by atoms with Gasteiger partial charge in [0.2, 0.25) is 0 Å². The van der Waals surface area contributed by atoms with Crippen molar-refractivity contribution in [2.45, 2.75) is 64.9 Å². The molecule has 0 radical (unpaired) electrons. The third-order valence-corrected chi connectivity index (χ3v) is 3.66. The monoisotopic (exact) mass is 346 g/mol. The van der Waals surface area contributed by atoms with Crippen LogP contribution in [0.1, 0.15) is 58.8 Å². The molecule has 1 nitrogen and oxygen atoms in total. The van der Waals surface area contributed by atoms with Crippen molar-refractivity contribution >= 4 is 9.47 Å². The zero-order chi connectivity index (χ0) is 17.7. The van der Waals surface area contributed by atoms with Crippen molar-refractivity contribution in [1.82, 2.24) is 0 Å². The fraction of sp³-hybridized carbons (Fsp3) is 0.455. The summed E-state index contributed by atoms with van der Waals surface area (Å²) in [6.45, 7) is 4.33. The largest absolute Gasteiger partial charge is 0.358 e. The van der Waals surface area contributed by atoms with Gasteiger partial charge in [-0.1, -0.05) is 93.2 Å². The Labute approximate surface area is 152 Å². The first kappa shape index (κ1) is 22.8. The summed E-state index contributed by atoms with van der Waals surface area (Å²) in [4.78, 5) is 0. The van der Waals surface area contributed by atoms with Gasteiger partial charge in [0.25, 0.3) is 0 Å². The van der Waals surface area contributed by atoms with E-state index < -0.39 is 0 Å². The van der Waals surface area contributed by atoms with Gasteiger partial charge in [-0.3, -0.25) is 0 Å². The molecule has 2 heteroatoms. The summed E-state index contributed by atoms with van der Waals surface area (Å²) in [6.07, 6.45) is 33.7. The van der Waals surface area contributed by atoms with Gasteiger partial charge < -0.3 is 4.52 Å². The fourth-order valence-corrected chi connectivity index (χ4v) is 2.22. The second kappa shape index (κ2) is 19.9. The van der Waals surface area contributed by atoms with Gasteiger partial charge in [0.1, 0.15) is 0 Å². The minimum Gasteiger partial charge on any atom is -0.358 e. The Balaban J connectivity index is 3.67. The number of hydrogen-bond donors (Lipinski definition) is 0. The maximum atomic E-state index is 5.28. The van der Waals surface area contributed by atoms with Gasteiger partial charge >= 0.3 is 0 Å². The fourth-order valence-electron chi connectivity index (χ4n) is 1.99. The SMILES string of the molecule is CC/C=C\C/C=C\C/C=C\C/C=C\C/C=C\C=C\C(CCC)OP. The van der Waals surface area contributed by atoms with Gasteiger partial charge in [-0.25, -0.2) is 0 Å². The highest BCUT2D eigenvalue weighted by molar-refractivity contribution is 7.09. The highest BCUT2D eigenvalue weighted by Crippen LogP contribution is 2.07. The lowest BCUT2D eigenvalue weighted by molar-refractivity contribution is 0.279. The van der Waals surface area contributed by atoms with Crippen LogP contribution in [-0.2, 0) is 4.52 Å². The zero-order valence-electron chi connectivity index (χ0n) is 15.4. The topological polar surface area (TPSA) is 9.23 Å². The molecule has 0 aromatic heterocycles. The Morgan fingerprint density at radius 2 is 1.21 bits per heavy atom. The van der Waals surface area contributed by atoms with Crippen LogP contribution in [0.25, 0.3) is 0 Å². The molecule has 0 aliphatic rings. The van der Waals surface area contributed by atoms with Gasteiger partial charge in [0.15, 0.2) is 0 Å². The molecular formula is C22H35OP. The molecule has 0 aliphatic carbocycles. The number of allylic oxidation sites excluding steroid dienone is 11. The zero-order valence-corrected chi connectivity index (χ0v) is 16.6. The van der Waals surface area contributed by atoms with Crippen molar-refractivity contribution in [3.63, 3.8) is 0 Å². The molecule has 0 N–H and O–H groups in total. The maximum Gasteiger partial charge on any atom is 0.0794 e. The molecule has 24 heavy (non-hydrogen) atoms. The summed E-state index contributed by atoms with van der Waals surface area (Å²) in [5.41, 5.74) is 0. The van der Waals surface area contributed by atoms with E-state index in [2.05, 4.69) is 96.2 Å². The smallest absolute Gasteiger partial charge is 0.0794 e. The standard InChI is InChI=1S/C22H35OP/c1-3-5-6-7-8-9-10-11-12-13-14-15-16-17-18-19-21-22(23-24)20-4-2/h5-6,8-9,11-12,14-15,17-19,21-22H,3-4,7,10,13,16,20,24H2,1-2H3/b6-5-,9-8-,12-11-,15-14-,18-17-,21-19+. The minimum atomic E-state index is 0.210. The van der Waals surface area contributed by atoms with Crippen molar-refractivity contribution in [1.29, 1.82) is 0 Å². The van der Waals surface area contributed by atoms with Crippen LogP contribution < -0.4 is 0 Å². The van der Waals surface area contributed by atoms with Crippen LogP contribution in [0, 0.1) is 0 Å². The summed E-state index contributed by atoms with van der Waals surface area (Å²) < 4.78 is 5.28. The van der Waals surface area contributed by atoms with E-state index in [4.69, 9.17) is 4.52 Å². The van der Waals surface area contributed by atoms with E-state index >= 15 is 0 Å². The van der Waals surface area contributed by atoms with Crippen molar-refractivity contribution in [3.8, 4) is 0 Å². The normalized spacial score (nSPS) is 14.6. The van der Waals surface area contributed by atoms with Crippen LogP contribution >= 0.6 is 9.47 Å². The molecule has 134 valence electrons. The first-order valence-corrected chi connectivity index (χ1v) is 9.61. The van der Waals surface area contributed by atoms with Crippen LogP contribution in [0.15, 0.2) is 72.9 Å². The molecule has 0 heterocycles.